The zero-order valence-corrected chi connectivity index (χ0v) is 19.7. The molecule has 0 fully saturated rings. The van der Waals surface area contributed by atoms with Crippen LogP contribution in [0.4, 0.5) is 10.5 Å². The number of nitrogens with one attached hydrogen (secondary N) is 3. The van der Waals surface area contributed by atoms with Crippen LogP contribution in [0.3, 0.4) is 0 Å². The van der Waals surface area contributed by atoms with Crippen molar-refractivity contribution in [1.29, 1.82) is 0 Å². The Bertz CT molecular complexity index is 1280. The van der Waals surface area contributed by atoms with E-state index < -0.39 is 11.9 Å². The highest BCUT2D eigenvalue weighted by molar-refractivity contribution is 7.20. The summed E-state index contributed by atoms with van der Waals surface area (Å²) in [4.78, 5) is 34.2. The molecule has 4 aromatic rings. The summed E-state index contributed by atoms with van der Waals surface area (Å²) >= 11 is 1.28. The van der Waals surface area contributed by atoms with Crippen molar-refractivity contribution in [3.05, 3.63) is 101 Å². The number of benzene rings is 3. The first-order valence-corrected chi connectivity index (χ1v) is 11.7. The summed E-state index contributed by atoms with van der Waals surface area (Å²) in [6.45, 7) is 0.496. The third-order valence-electron chi connectivity index (χ3n) is 4.92. The Labute approximate surface area is 206 Å². The Balaban J connectivity index is 0.000000261. The number of aryl methyl sites for hydroxylation is 1. The molecule has 3 aromatic carbocycles. The van der Waals surface area contributed by atoms with Gasteiger partial charge in [0.15, 0.2) is 0 Å². The average Bonchev–Trinajstić information content (AvgIpc) is 3.31. The van der Waals surface area contributed by atoms with Gasteiger partial charge in [-0.25, -0.2) is 10.3 Å². The summed E-state index contributed by atoms with van der Waals surface area (Å²) in [7, 11) is 0. The topological polar surface area (TPSA) is 134 Å². The molecule has 0 aliphatic heterocycles. The van der Waals surface area contributed by atoms with Crippen molar-refractivity contribution in [3.8, 4) is 0 Å². The molecule has 1 aromatic heterocycles. The van der Waals surface area contributed by atoms with Crippen LogP contribution >= 0.6 is 11.3 Å². The minimum Gasteiger partial charge on any atom is -0.352 e. The molecule has 0 aliphatic carbocycles. The second-order valence-corrected chi connectivity index (χ2v) is 8.63. The number of primary amides is 1. The fourth-order valence-corrected chi connectivity index (χ4v) is 4.13. The van der Waals surface area contributed by atoms with E-state index >= 15 is 0 Å². The Kier molecular flexibility index (Phi) is 9.35. The number of anilines is 1. The van der Waals surface area contributed by atoms with Crippen LogP contribution in [0.25, 0.3) is 10.1 Å². The van der Waals surface area contributed by atoms with Gasteiger partial charge in [-0.3, -0.25) is 14.8 Å². The number of amides is 4. The highest BCUT2D eigenvalue weighted by atomic mass is 32.1. The first-order chi connectivity index (χ1) is 16.9. The maximum absolute atomic E-state index is 12.1. The lowest BCUT2D eigenvalue weighted by atomic mass is 10.1. The largest absolute Gasteiger partial charge is 0.352 e. The van der Waals surface area contributed by atoms with Crippen molar-refractivity contribution >= 4 is 45.0 Å². The molecule has 0 bridgehead atoms. The number of urea groups is 1. The van der Waals surface area contributed by atoms with Gasteiger partial charge in [0.2, 0.25) is 5.91 Å². The molecule has 8 nitrogen and oxygen atoms in total. The predicted molar refractivity (Wildman–Crippen MR) is 137 cm³/mol. The van der Waals surface area contributed by atoms with E-state index in [1.165, 1.54) is 11.3 Å². The molecule has 0 radical (unpaired) electrons. The van der Waals surface area contributed by atoms with Gasteiger partial charge in [0.1, 0.15) is 0 Å². The maximum Gasteiger partial charge on any atom is 0.312 e. The minimum atomic E-state index is -0.537. The Morgan fingerprint density at radius 3 is 2.14 bits per heavy atom. The van der Waals surface area contributed by atoms with Crippen LogP contribution in [-0.4, -0.2) is 23.1 Å². The molecule has 0 aliphatic rings. The van der Waals surface area contributed by atoms with E-state index in [0.717, 1.165) is 21.2 Å². The van der Waals surface area contributed by atoms with Gasteiger partial charge >= 0.3 is 6.03 Å². The molecule has 1 heterocycles. The standard InChI is InChI=1S/C18H16N2O3S.C8H10N2O/c21-17(9-6-12-4-2-1-3-5-12)19-14-7-8-15-13(10-14)11-16(24-15)18(22)20-23;9-8(11)10-6-7-4-2-1-3-5-7/h1-5,7-8,10-11,23H,6,9H2,(H,19,21)(H,20,22);1-5H,6H2,(H3,9,10,11). The highest BCUT2D eigenvalue weighted by Gasteiger charge is 2.10. The summed E-state index contributed by atoms with van der Waals surface area (Å²) in [5.74, 6) is -0.591. The second-order valence-electron chi connectivity index (χ2n) is 7.54. The smallest absolute Gasteiger partial charge is 0.312 e. The number of nitrogens with two attached hydrogens (primary N) is 1. The molecule has 0 spiro atoms. The minimum absolute atomic E-state index is 0.0539. The summed E-state index contributed by atoms with van der Waals surface area (Å²) in [6.07, 6.45) is 1.10. The van der Waals surface area contributed by atoms with Crippen LogP contribution in [0.1, 0.15) is 27.2 Å². The fourth-order valence-electron chi connectivity index (χ4n) is 3.20. The van der Waals surface area contributed by atoms with E-state index in [2.05, 4.69) is 10.6 Å². The van der Waals surface area contributed by atoms with Gasteiger partial charge in [0.05, 0.1) is 4.88 Å². The van der Waals surface area contributed by atoms with E-state index in [-0.39, 0.29) is 5.91 Å². The highest BCUT2D eigenvalue weighted by Crippen LogP contribution is 2.28. The zero-order valence-electron chi connectivity index (χ0n) is 18.9. The number of hydrogen-bond acceptors (Lipinski definition) is 5. The first-order valence-electron chi connectivity index (χ1n) is 10.8. The molecule has 0 atom stereocenters. The van der Waals surface area contributed by atoms with Crippen molar-refractivity contribution in [1.82, 2.24) is 10.8 Å². The molecule has 0 saturated carbocycles. The number of fused-ring (bicyclic) bond motifs is 1. The van der Waals surface area contributed by atoms with E-state index in [1.54, 1.807) is 17.6 Å². The number of carbonyl (C=O) groups excluding carboxylic acids is 3. The third-order valence-corrected chi connectivity index (χ3v) is 6.03. The van der Waals surface area contributed by atoms with Gasteiger partial charge in [0.25, 0.3) is 5.91 Å². The fraction of sp³-hybridized carbons (Fsp3) is 0.115. The molecule has 0 unspecified atom stereocenters. The summed E-state index contributed by atoms with van der Waals surface area (Å²) in [5, 5.41) is 14.9. The predicted octanol–water partition coefficient (Wildman–Crippen LogP) is 4.45. The first kappa shape index (κ1) is 25.4. The second kappa shape index (κ2) is 12.9. The Morgan fingerprint density at radius 1 is 0.857 bits per heavy atom. The van der Waals surface area contributed by atoms with Crippen LogP contribution in [0.5, 0.6) is 0 Å². The van der Waals surface area contributed by atoms with Gasteiger partial charge in [0, 0.05) is 23.4 Å². The molecular formula is C26H26N4O4S. The molecule has 6 N–H and O–H groups in total. The van der Waals surface area contributed by atoms with Gasteiger partial charge in [-0.1, -0.05) is 60.7 Å². The number of hydroxylamine groups is 1. The van der Waals surface area contributed by atoms with Crippen LogP contribution in [0.15, 0.2) is 84.9 Å². The van der Waals surface area contributed by atoms with Crippen molar-refractivity contribution < 1.29 is 19.6 Å². The van der Waals surface area contributed by atoms with E-state index in [0.29, 0.717) is 30.0 Å². The van der Waals surface area contributed by atoms with Gasteiger partial charge in [-0.05, 0) is 47.2 Å². The Morgan fingerprint density at radius 2 is 1.51 bits per heavy atom. The molecular weight excluding hydrogens is 464 g/mol. The number of hydrogen-bond donors (Lipinski definition) is 5. The normalized spacial score (nSPS) is 10.1. The van der Waals surface area contributed by atoms with E-state index in [4.69, 9.17) is 10.9 Å². The van der Waals surface area contributed by atoms with Gasteiger partial charge in [-0.2, -0.15) is 0 Å². The number of thiophene rings is 1. The van der Waals surface area contributed by atoms with Crippen molar-refractivity contribution in [2.24, 2.45) is 5.73 Å². The lowest BCUT2D eigenvalue weighted by molar-refractivity contribution is -0.116. The van der Waals surface area contributed by atoms with E-state index in [9.17, 15) is 14.4 Å². The van der Waals surface area contributed by atoms with Crippen LogP contribution in [0.2, 0.25) is 0 Å². The quantitative estimate of drug-likeness (QED) is 0.193. The maximum atomic E-state index is 12.1. The summed E-state index contributed by atoms with van der Waals surface area (Å²) in [6, 6.07) is 26.1. The van der Waals surface area contributed by atoms with Crippen LogP contribution in [0, 0.1) is 0 Å². The lowest BCUT2D eigenvalue weighted by Crippen LogP contribution is -2.28. The lowest BCUT2D eigenvalue weighted by Gasteiger charge is -2.05. The van der Waals surface area contributed by atoms with Gasteiger partial charge in [-0.15, -0.1) is 11.3 Å². The molecule has 9 heteroatoms. The third kappa shape index (κ3) is 8.26. The zero-order chi connectivity index (χ0) is 25.0. The number of rotatable bonds is 7. The number of carbonyl (C=O) groups is 3. The summed E-state index contributed by atoms with van der Waals surface area (Å²) < 4.78 is 0.913. The van der Waals surface area contributed by atoms with Crippen LogP contribution in [-0.2, 0) is 17.8 Å². The van der Waals surface area contributed by atoms with Gasteiger partial charge < -0.3 is 16.4 Å². The van der Waals surface area contributed by atoms with Crippen LogP contribution < -0.4 is 21.8 Å². The molecule has 0 saturated heterocycles. The monoisotopic (exact) mass is 490 g/mol. The molecule has 35 heavy (non-hydrogen) atoms. The average molecular weight is 491 g/mol. The van der Waals surface area contributed by atoms with Crippen molar-refractivity contribution in [3.63, 3.8) is 0 Å². The molecule has 180 valence electrons. The van der Waals surface area contributed by atoms with Crippen molar-refractivity contribution in [2.45, 2.75) is 19.4 Å². The Hall–Kier alpha value is -4.21. The SMILES string of the molecule is NC(=O)NCc1ccccc1.O=C(CCc1ccccc1)Nc1ccc2sc(C(=O)NO)cc2c1. The van der Waals surface area contributed by atoms with E-state index in [1.807, 2.05) is 72.8 Å². The van der Waals surface area contributed by atoms with Crippen molar-refractivity contribution in [2.75, 3.05) is 5.32 Å². The molecule has 4 amide bonds. The summed E-state index contributed by atoms with van der Waals surface area (Å²) in [5.41, 5.74) is 9.38. The molecule has 4 rings (SSSR count).